The number of nitrogens with zero attached hydrogens (tertiary/aromatic N) is 2. The van der Waals surface area contributed by atoms with Gasteiger partial charge < -0.3 is 10.2 Å². The van der Waals surface area contributed by atoms with Gasteiger partial charge in [0.1, 0.15) is 0 Å². The van der Waals surface area contributed by atoms with Crippen LogP contribution in [-0.4, -0.2) is 39.9 Å². The van der Waals surface area contributed by atoms with Crippen molar-refractivity contribution in [3.8, 4) is 0 Å². The normalized spacial score (nSPS) is 17.9. The maximum atomic E-state index is 11.8. The van der Waals surface area contributed by atoms with Gasteiger partial charge in [0.05, 0.1) is 5.69 Å². The van der Waals surface area contributed by atoms with Gasteiger partial charge >= 0.3 is 0 Å². The van der Waals surface area contributed by atoms with Crippen LogP contribution in [0.1, 0.15) is 23.4 Å². The fourth-order valence-electron chi connectivity index (χ4n) is 2.29. The molecule has 0 spiro atoms. The minimum Gasteiger partial charge on any atom is -0.332 e. The van der Waals surface area contributed by atoms with Crippen molar-refractivity contribution in [1.82, 2.24) is 9.88 Å². The van der Waals surface area contributed by atoms with Gasteiger partial charge in [-0.2, -0.15) is 0 Å². The number of aryl methyl sites for hydroxylation is 2. The van der Waals surface area contributed by atoms with E-state index in [1.54, 1.807) is 16.2 Å². The summed E-state index contributed by atoms with van der Waals surface area (Å²) in [5.74, 6) is 0.775. The van der Waals surface area contributed by atoms with Crippen LogP contribution in [-0.2, 0) is 17.6 Å². The molecule has 1 aromatic rings. The standard InChI is InChI=1S/C12H15N3O2S2/c16-10(4-5-15-6-7-18-12(15)17)14-11-13-8-2-1-3-9(8)19-11/h1-7H2,(H,13,14,16). The van der Waals surface area contributed by atoms with Crippen LogP contribution in [0.15, 0.2) is 0 Å². The molecule has 0 aromatic carbocycles. The second-order valence-electron chi connectivity index (χ2n) is 4.64. The molecule has 5 nitrogen and oxygen atoms in total. The molecule has 0 unspecified atom stereocenters. The first-order chi connectivity index (χ1) is 9.22. The Hall–Kier alpha value is -1.08. The van der Waals surface area contributed by atoms with Crippen molar-refractivity contribution in [2.75, 3.05) is 24.2 Å². The minimum absolute atomic E-state index is 0.0582. The highest BCUT2D eigenvalue weighted by Crippen LogP contribution is 2.30. The Bertz CT molecular complexity index is 494. The molecule has 2 amide bonds. The molecule has 1 saturated heterocycles. The quantitative estimate of drug-likeness (QED) is 0.925. The zero-order valence-electron chi connectivity index (χ0n) is 10.5. The summed E-state index contributed by atoms with van der Waals surface area (Å²) in [5, 5.41) is 3.62. The topological polar surface area (TPSA) is 62.3 Å². The summed E-state index contributed by atoms with van der Waals surface area (Å²) in [6.45, 7) is 1.26. The Kier molecular flexibility index (Phi) is 3.74. The van der Waals surface area contributed by atoms with E-state index in [0.717, 1.165) is 30.8 Å². The molecular formula is C12H15N3O2S2. The summed E-state index contributed by atoms with van der Waals surface area (Å²) in [4.78, 5) is 30.7. The zero-order valence-corrected chi connectivity index (χ0v) is 12.1. The third kappa shape index (κ3) is 2.92. The highest BCUT2D eigenvalue weighted by atomic mass is 32.2. The SMILES string of the molecule is O=C(CCN1CCSC1=O)Nc1nc2c(s1)CCC2. The number of fused-ring (bicyclic) bond motifs is 1. The maximum absolute atomic E-state index is 11.8. The molecule has 0 saturated carbocycles. The lowest BCUT2D eigenvalue weighted by Gasteiger charge is -2.13. The molecule has 102 valence electrons. The largest absolute Gasteiger partial charge is 0.332 e. The van der Waals surface area contributed by atoms with E-state index >= 15 is 0 Å². The van der Waals surface area contributed by atoms with Crippen molar-refractivity contribution in [1.29, 1.82) is 0 Å². The van der Waals surface area contributed by atoms with Crippen LogP contribution in [0.5, 0.6) is 0 Å². The molecule has 0 radical (unpaired) electrons. The number of anilines is 1. The summed E-state index contributed by atoms with van der Waals surface area (Å²) in [7, 11) is 0. The average molecular weight is 297 g/mol. The molecule has 2 aliphatic rings. The highest BCUT2D eigenvalue weighted by Gasteiger charge is 2.22. The molecule has 3 rings (SSSR count). The average Bonchev–Trinajstić information content (AvgIpc) is 3.02. The second kappa shape index (κ2) is 5.50. The second-order valence-corrected chi connectivity index (χ2v) is 6.77. The van der Waals surface area contributed by atoms with E-state index < -0.39 is 0 Å². The van der Waals surface area contributed by atoms with Gasteiger partial charge in [-0.3, -0.25) is 9.59 Å². The van der Waals surface area contributed by atoms with Gasteiger partial charge in [0.2, 0.25) is 5.91 Å². The molecule has 1 aliphatic carbocycles. The number of thioether (sulfide) groups is 1. The Balaban J connectivity index is 1.49. The fraction of sp³-hybridized carbons (Fsp3) is 0.583. The summed E-state index contributed by atoms with van der Waals surface area (Å²) >= 11 is 2.90. The number of rotatable bonds is 4. The number of carbonyl (C=O) groups is 2. The van der Waals surface area contributed by atoms with E-state index in [1.807, 2.05) is 0 Å². The van der Waals surface area contributed by atoms with Gasteiger partial charge in [0.15, 0.2) is 5.13 Å². The van der Waals surface area contributed by atoms with Crippen molar-refractivity contribution >= 4 is 39.4 Å². The van der Waals surface area contributed by atoms with E-state index in [1.165, 1.54) is 23.1 Å². The van der Waals surface area contributed by atoms with E-state index in [-0.39, 0.29) is 11.1 Å². The molecular weight excluding hydrogens is 282 g/mol. The van der Waals surface area contributed by atoms with E-state index in [0.29, 0.717) is 18.1 Å². The smallest absolute Gasteiger partial charge is 0.281 e. The van der Waals surface area contributed by atoms with Crippen molar-refractivity contribution in [2.45, 2.75) is 25.7 Å². The maximum Gasteiger partial charge on any atom is 0.281 e. The van der Waals surface area contributed by atoms with Crippen molar-refractivity contribution in [3.63, 3.8) is 0 Å². The molecule has 1 aromatic heterocycles. The number of hydrogen-bond acceptors (Lipinski definition) is 5. The first-order valence-electron chi connectivity index (χ1n) is 6.42. The van der Waals surface area contributed by atoms with E-state index in [4.69, 9.17) is 0 Å². The third-order valence-electron chi connectivity index (χ3n) is 3.30. The Morgan fingerprint density at radius 3 is 3.05 bits per heavy atom. The Labute approximate surface area is 119 Å². The van der Waals surface area contributed by atoms with Crippen LogP contribution < -0.4 is 5.32 Å². The lowest BCUT2D eigenvalue weighted by Crippen LogP contribution is -2.27. The third-order valence-corrected chi connectivity index (χ3v) is 5.26. The molecule has 0 atom stereocenters. The van der Waals surface area contributed by atoms with Crippen molar-refractivity contribution < 1.29 is 9.59 Å². The molecule has 2 heterocycles. The monoisotopic (exact) mass is 297 g/mol. The van der Waals surface area contributed by atoms with Crippen molar-refractivity contribution in [3.05, 3.63) is 10.6 Å². The first kappa shape index (κ1) is 12.9. The lowest BCUT2D eigenvalue weighted by atomic mass is 10.3. The van der Waals surface area contributed by atoms with Gasteiger partial charge in [-0.05, 0) is 19.3 Å². The molecule has 1 N–H and O–H groups in total. The van der Waals surface area contributed by atoms with Crippen LogP contribution in [0, 0.1) is 0 Å². The van der Waals surface area contributed by atoms with E-state index in [2.05, 4.69) is 10.3 Å². The molecule has 0 bridgehead atoms. The van der Waals surface area contributed by atoms with Gasteiger partial charge in [-0.25, -0.2) is 4.98 Å². The fourth-order valence-corrected chi connectivity index (χ4v) is 4.21. The van der Waals surface area contributed by atoms with Crippen LogP contribution in [0.2, 0.25) is 0 Å². The van der Waals surface area contributed by atoms with Gasteiger partial charge in [0, 0.05) is 30.1 Å². The van der Waals surface area contributed by atoms with Gasteiger partial charge in [-0.15, -0.1) is 11.3 Å². The number of nitrogens with one attached hydrogen (secondary N) is 1. The number of amides is 2. The molecule has 1 fully saturated rings. The zero-order chi connectivity index (χ0) is 13.2. The van der Waals surface area contributed by atoms with Crippen LogP contribution in [0.4, 0.5) is 9.93 Å². The summed E-state index contributed by atoms with van der Waals surface area (Å²) < 4.78 is 0. The lowest BCUT2D eigenvalue weighted by molar-refractivity contribution is -0.116. The Morgan fingerprint density at radius 1 is 1.42 bits per heavy atom. The first-order valence-corrected chi connectivity index (χ1v) is 8.23. The van der Waals surface area contributed by atoms with Crippen molar-refractivity contribution in [2.24, 2.45) is 0 Å². The highest BCUT2D eigenvalue weighted by molar-refractivity contribution is 8.13. The predicted molar refractivity (Wildman–Crippen MR) is 76.8 cm³/mol. The summed E-state index contributed by atoms with van der Waals surface area (Å²) in [6.07, 6.45) is 3.64. The number of carbonyl (C=O) groups excluding carboxylic acids is 2. The molecule has 1 aliphatic heterocycles. The van der Waals surface area contributed by atoms with Gasteiger partial charge in [-0.1, -0.05) is 11.8 Å². The predicted octanol–water partition coefficient (Wildman–Crippen LogP) is 2.13. The number of thiazole rings is 1. The van der Waals surface area contributed by atoms with Crippen LogP contribution >= 0.6 is 23.1 Å². The van der Waals surface area contributed by atoms with E-state index in [9.17, 15) is 9.59 Å². The molecule has 7 heteroatoms. The number of aromatic nitrogens is 1. The Morgan fingerprint density at radius 2 is 2.32 bits per heavy atom. The summed E-state index contributed by atoms with van der Waals surface area (Å²) in [6, 6.07) is 0. The molecule has 19 heavy (non-hydrogen) atoms. The summed E-state index contributed by atoms with van der Waals surface area (Å²) in [5.41, 5.74) is 1.14. The van der Waals surface area contributed by atoms with Crippen LogP contribution in [0.3, 0.4) is 0 Å². The number of hydrogen-bond donors (Lipinski definition) is 1. The van der Waals surface area contributed by atoms with Crippen LogP contribution in [0.25, 0.3) is 0 Å². The minimum atomic E-state index is -0.0582. The van der Waals surface area contributed by atoms with Gasteiger partial charge in [0.25, 0.3) is 5.24 Å².